The Morgan fingerprint density at radius 3 is 2.63 bits per heavy atom. The third-order valence-corrected chi connectivity index (χ3v) is 3.13. The minimum Gasteiger partial charge on any atom is -0.370 e. The molecule has 0 saturated heterocycles. The molecule has 0 radical (unpaired) electrons. The van der Waals surface area contributed by atoms with Crippen LogP contribution in [0.25, 0.3) is 0 Å². The lowest BCUT2D eigenvalue weighted by atomic mass is 10.1. The zero-order chi connectivity index (χ0) is 13.7. The standard InChI is InChI=1S/C16H19FN2/c1-19(12-13-5-4-7-15(17)11-13)16-8-3-2-6-14(16)9-10-18/h2-8,11H,9-10,12,18H2,1H3. The predicted molar refractivity (Wildman–Crippen MR) is 77.7 cm³/mol. The number of hydrogen-bond acceptors (Lipinski definition) is 2. The average molecular weight is 258 g/mol. The first-order valence-electron chi connectivity index (χ1n) is 6.44. The summed E-state index contributed by atoms with van der Waals surface area (Å²) in [5, 5.41) is 0. The van der Waals surface area contributed by atoms with Crippen LogP contribution in [0.4, 0.5) is 10.1 Å². The number of rotatable bonds is 5. The van der Waals surface area contributed by atoms with Gasteiger partial charge in [0.25, 0.3) is 0 Å². The van der Waals surface area contributed by atoms with E-state index in [2.05, 4.69) is 17.0 Å². The maximum absolute atomic E-state index is 13.2. The van der Waals surface area contributed by atoms with Gasteiger partial charge in [-0.25, -0.2) is 4.39 Å². The van der Waals surface area contributed by atoms with Crippen LogP contribution in [0.5, 0.6) is 0 Å². The molecule has 2 aromatic carbocycles. The van der Waals surface area contributed by atoms with Crippen molar-refractivity contribution in [3.63, 3.8) is 0 Å². The normalized spacial score (nSPS) is 10.5. The first-order valence-corrected chi connectivity index (χ1v) is 6.44. The van der Waals surface area contributed by atoms with Crippen LogP contribution < -0.4 is 10.6 Å². The number of halogens is 1. The van der Waals surface area contributed by atoms with Crippen LogP contribution >= 0.6 is 0 Å². The molecule has 3 heteroatoms. The molecule has 0 saturated carbocycles. The molecule has 0 spiro atoms. The maximum atomic E-state index is 13.2. The van der Waals surface area contributed by atoms with Gasteiger partial charge in [0.2, 0.25) is 0 Å². The molecule has 0 amide bonds. The van der Waals surface area contributed by atoms with E-state index in [1.54, 1.807) is 12.1 Å². The smallest absolute Gasteiger partial charge is 0.123 e. The summed E-state index contributed by atoms with van der Waals surface area (Å²) in [4.78, 5) is 2.12. The van der Waals surface area contributed by atoms with Gasteiger partial charge < -0.3 is 10.6 Å². The third-order valence-electron chi connectivity index (χ3n) is 3.13. The van der Waals surface area contributed by atoms with Gasteiger partial charge in [0.15, 0.2) is 0 Å². The molecule has 0 atom stereocenters. The van der Waals surface area contributed by atoms with E-state index < -0.39 is 0 Å². The van der Waals surface area contributed by atoms with E-state index in [9.17, 15) is 4.39 Å². The van der Waals surface area contributed by atoms with Gasteiger partial charge in [-0.2, -0.15) is 0 Å². The van der Waals surface area contributed by atoms with Crippen molar-refractivity contribution in [3.05, 3.63) is 65.5 Å². The number of nitrogens with two attached hydrogens (primary N) is 1. The summed E-state index contributed by atoms with van der Waals surface area (Å²) in [5.74, 6) is -0.193. The van der Waals surface area contributed by atoms with Crippen LogP contribution in [0.2, 0.25) is 0 Å². The number of anilines is 1. The Kier molecular flexibility index (Phi) is 4.53. The minimum absolute atomic E-state index is 0.193. The lowest BCUT2D eigenvalue weighted by Crippen LogP contribution is -2.19. The topological polar surface area (TPSA) is 29.3 Å². The first kappa shape index (κ1) is 13.6. The Bertz CT molecular complexity index is 540. The minimum atomic E-state index is -0.193. The molecule has 2 nitrogen and oxygen atoms in total. The van der Waals surface area contributed by atoms with Gasteiger partial charge in [0.1, 0.15) is 5.82 Å². The highest BCUT2D eigenvalue weighted by Crippen LogP contribution is 2.21. The lowest BCUT2D eigenvalue weighted by Gasteiger charge is -2.22. The van der Waals surface area contributed by atoms with Gasteiger partial charge >= 0.3 is 0 Å². The third kappa shape index (κ3) is 3.55. The van der Waals surface area contributed by atoms with E-state index in [4.69, 9.17) is 5.73 Å². The van der Waals surface area contributed by atoms with Gasteiger partial charge in [0.05, 0.1) is 0 Å². The number of hydrogen-bond donors (Lipinski definition) is 1. The van der Waals surface area contributed by atoms with E-state index in [-0.39, 0.29) is 5.82 Å². The molecule has 2 N–H and O–H groups in total. The van der Waals surface area contributed by atoms with Crippen LogP contribution in [-0.4, -0.2) is 13.6 Å². The number of benzene rings is 2. The monoisotopic (exact) mass is 258 g/mol. The Labute approximate surface area is 113 Å². The van der Waals surface area contributed by atoms with Crippen molar-refractivity contribution in [2.75, 3.05) is 18.5 Å². The molecule has 0 aliphatic rings. The zero-order valence-corrected chi connectivity index (χ0v) is 11.1. The summed E-state index contributed by atoms with van der Waals surface area (Å²) in [5.41, 5.74) is 8.97. The molecular formula is C16H19FN2. The molecule has 0 aliphatic heterocycles. The van der Waals surface area contributed by atoms with Crippen molar-refractivity contribution < 1.29 is 4.39 Å². The number of para-hydroxylation sites is 1. The summed E-state index contributed by atoms with van der Waals surface area (Å²) in [6.45, 7) is 1.31. The van der Waals surface area contributed by atoms with Gasteiger partial charge in [-0.15, -0.1) is 0 Å². The summed E-state index contributed by atoms with van der Waals surface area (Å²) < 4.78 is 13.2. The SMILES string of the molecule is CN(Cc1cccc(F)c1)c1ccccc1CCN. The van der Waals surface area contributed by atoms with Crippen molar-refractivity contribution >= 4 is 5.69 Å². The van der Waals surface area contributed by atoms with Crippen LogP contribution in [0.1, 0.15) is 11.1 Å². The first-order chi connectivity index (χ1) is 9.20. The Balaban J connectivity index is 2.17. The fraction of sp³-hybridized carbons (Fsp3) is 0.250. The lowest BCUT2D eigenvalue weighted by molar-refractivity contribution is 0.625. The van der Waals surface area contributed by atoms with Crippen molar-refractivity contribution in [1.29, 1.82) is 0 Å². The highest BCUT2D eigenvalue weighted by atomic mass is 19.1. The summed E-state index contributed by atoms with van der Waals surface area (Å²) in [6.07, 6.45) is 0.851. The summed E-state index contributed by atoms with van der Waals surface area (Å²) in [6, 6.07) is 14.9. The van der Waals surface area contributed by atoms with Crippen LogP contribution in [0.15, 0.2) is 48.5 Å². The molecule has 0 fully saturated rings. The number of nitrogens with zero attached hydrogens (tertiary/aromatic N) is 1. The van der Waals surface area contributed by atoms with Crippen molar-refractivity contribution in [1.82, 2.24) is 0 Å². The molecule has 100 valence electrons. The van der Waals surface area contributed by atoms with Gasteiger partial charge in [-0.05, 0) is 42.3 Å². The van der Waals surface area contributed by atoms with Crippen molar-refractivity contribution in [2.45, 2.75) is 13.0 Å². The highest BCUT2D eigenvalue weighted by molar-refractivity contribution is 5.53. The second-order valence-electron chi connectivity index (χ2n) is 4.65. The molecule has 19 heavy (non-hydrogen) atoms. The van der Waals surface area contributed by atoms with Crippen LogP contribution in [0.3, 0.4) is 0 Å². The Morgan fingerprint density at radius 1 is 1.11 bits per heavy atom. The molecule has 0 bridgehead atoms. The van der Waals surface area contributed by atoms with Gasteiger partial charge in [-0.3, -0.25) is 0 Å². The molecular weight excluding hydrogens is 239 g/mol. The summed E-state index contributed by atoms with van der Waals surface area (Å²) >= 11 is 0. The predicted octanol–water partition coefficient (Wildman–Crippen LogP) is 2.96. The van der Waals surface area contributed by atoms with Gasteiger partial charge in [0, 0.05) is 19.3 Å². The fourth-order valence-corrected chi connectivity index (χ4v) is 2.24. The molecule has 2 rings (SSSR count). The zero-order valence-electron chi connectivity index (χ0n) is 11.1. The van der Waals surface area contributed by atoms with E-state index in [0.717, 1.165) is 17.7 Å². The maximum Gasteiger partial charge on any atom is 0.123 e. The van der Waals surface area contributed by atoms with E-state index in [1.165, 1.54) is 11.6 Å². The molecule has 0 heterocycles. The Morgan fingerprint density at radius 2 is 1.89 bits per heavy atom. The second kappa shape index (κ2) is 6.34. The van der Waals surface area contributed by atoms with Crippen LogP contribution in [-0.2, 0) is 13.0 Å². The molecule has 0 aliphatic carbocycles. The molecule has 0 unspecified atom stereocenters. The van der Waals surface area contributed by atoms with Crippen molar-refractivity contribution in [2.24, 2.45) is 5.73 Å². The van der Waals surface area contributed by atoms with E-state index in [1.807, 2.05) is 25.2 Å². The van der Waals surface area contributed by atoms with Crippen molar-refractivity contribution in [3.8, 4) is 0 Å². The average Bonchev–Trinajstić information content (AvgIpc) is 2.39. The van der Waals surface area contributed by atoms with Crippen LogP contribution in [0, 0.1) is 5.82 Å². The summed E-state index contributed by atoms with van der Waals surface area (Å²) in [7, 11) is 2.01. The molecule has 0 aromatic heterocycles. The highest BCUT2D eigenvalue weighted by Gasteiger charge is 2.07. The van der Waals surface area contributed by atoms with E-state index in [0.29, 0.717) is 13.1 Å². The second-order valence-corrected chi connectivity index (χ2v) is 4.65. The molecule has 2 aromatic rings. The Hall–Kier alpha value is -1.87. The fourth-order valence-electron chi connectivity index (χ4n) is 2.24. The van der Waals surface area contributed by atoms with E-state index >= 15 is 0 Å². The largest absolute Gasteiger partial charge is 0.370 e. The van der Waals surface area contributed by atoms with Gasteiger partial charge in [-0.1, -0.05) is 30.3 Å². The quantitative estimate of drug-likeness (QED) is 0.893.